The minimum atomic E-state index is -0.289. The van der Waals surface area contributed by atoms with Crippen LogP contribution in [-0.2, 0) is 17.4 Å². The molecule has 0 aromatic heterocycles. The number of hydrogen-bond donors (Lipinski definition) is 1. The normalized spacial score (nSPS) is 26.8. The van der Waals surface area contributed by atoms with Crippen LogP contribution in [-0.4, -0.2) is 0 Å². The summed E-state index contributed by atoms with van der Waals surface area (Å²) in [6.45, 7) is 23.7. The zero-order valence-corrected chi connectivity index (χ0v) is 25.9. The molecule has 0 amide bonds. The molecule has 2 fully saturated rings. The molecule has 0 aliphatic heterocycles. The number of benzene rings is 1. The van der Waals surface area contributed by atoms with Crippen LogP contribution in [0.2, 0.25) is 0 Å². The van der Waals surface area contributed by atoms with Gasteiger partial charge in [-0.1, -0.05) is 99.3 Å². The molecule has 2 aliphatic carbocycles. The Labute approximate surface area is 225 Å². The highest BCUT2D eigenvalue weighted by atomic mass is 14.7. The molecule has 1 aromatic rings. The predicted octanol–water partition coefficient (Wildman–Crippen LogP) is 10.2. The van der Waals surface area contributed by atoms with E-state index < -0.39 is 0 Å². The van der Waals surface area contributed by atoms with Gasteiger partial charge in [-0.25, -0.2) is 0 Å². The molecule has 0 saturated heterocycles. The summed E-state index contributed by atoms with van der Waals surface area (Å²) in [5, 5.41) is 0. The Balaban J connectivity index is 1.53. The van der Waals surface area contributed by atoms with Crippen LogP contribution < -0.4 is 5.73 Å². The largest absolute Gasteiger partial charge is 0.322 e. The lowest BCUT2D eigenvalue weighted by Crippen LogP contribution is -2.31. The third-order valence-electron chi connectivity index (χ3n) is 10.4. The van der Waals surface area contributed by atoms with E-state index in [1.165, 1.54) is 87.3 Å². The Bertz CT molecular complexity index is 825. The number of rotatable bonds is 7. The third kappa shape index (κ3) is 7.85. The second-order valence-electron chi connectivity index (χ2n) is 16.4. The minimum Gasteiger partial charge on any atom is -0.322 e. The molecule has 2 saturated carbocycles. The zero-order valence-electron chi connectivity index (χ0n) is 25.9. The molecular weight excluding hydrogens is 434 g/mol. The summed E-state index contributed by atoms with van der Waals surface area (Å²) in [7, 11) is 0. The molecule has 3 rings (SSSR count). The second kappa shape index (κ2) is 11.1. The molecule has 0 bridgehead atoms. The van der Waals surface area contributed by atoms with Crippen LogP contribution in [0.25, 0.3) is 0 Å². The van der Waals surface area contributed by atoms with Crippen molar-refractivity contribution < 1.29 is 0 Å². The summed E-state index contributed by atoms with van der Waals surface area (Å²) in [5.74, 6) is 3.83. The molecule has 0 spiro atoms. The highest BCUT2D eigenvalue weighted by Crippen LogP contribution is 2.47. The monoisotopic (exact) mass is 495 g/mol. The summed E-state index contributed by atoms with van der Waals surface area (Å²) in [6.07, 6.45) is 15.7. The van der Waals surface area contributed by atoms with Crippen molar-refractivity contribution in [3.8, 4) is 0 Å². The summed E-state index contributed by atoms with van der Waals surface area (Å²) in [5.41, 5.74) is 11.5. The van der Waals surface area contributed by atoms with Gasteiger partial charge in [0.25, 0.3) is 0 Å². The van der Waals surface area contributed by atoms with E-state index in [-0.39, 0.29) is 11.0 Å². The molecule has 0 atom stereocenters. The fourth-order valence-electron chi connectivity index (χ4n) is 7.47. The molecule has 206 valence electrons. The van der Waals surface area contributed by atoms with E-state index >= 15 is 0 Å². The Morgan fingerprint density at radius 1 is 0.694 bits per heavy atom. The number of aryl methyl sites for hydroxylation is 1. The van der Waals surface area contributed by atoms with Gasteiger partial charge in [-0.2, -0.15) is 0 Å². The molecule has 36 heavy (non-hydrogen) atoms. The Kier molecular flexibility index (Phi) is 9.18. The van der Waals surface area contributed by atoms with Gasteiger partial charge < -0.3 is 5.73 Å². The van der Waals surface area contributed by atoms with Gasteiger partial charge in [0.1, 0.15) is 0 Å². The van der Waals surface area contributed by atoms with Crippen LogP contribution >= 0.6 is 0 Å². The predicted molar refractivity (Wildman–Crippen MR) is 159 cm³/mol. The highest BCUT2D eigenvalue weighted by Gasteiger charge is 2.35. The molecule has 0 heterocycles. The van der Waals surface area contributed by atoms with Crippen molar-refractivity contribution in [1.29, 1.82) is 0 Å². The van der Waals surface area contributed by atoms with Crippen LogP contribution in [0, 0.1) is 34.5 Å². The third-order valence-corrected chi connectivity index (χ3v) is 10.4. The first-order chi connectivity index (χ1) is 16.5. The van der Waals surface area contributed by atoms with Gasteiger partial charge in [0, 0.05) is 5.54 Å². The molecular formula is C35H61N. The van der Waals surface area contributed by atoms with Crippen molar-refractivity contribution in [3.63, 3.8) is 0 Å². The quantitative estimate of drug-likeness (QED) is 0.400. The maximum absolute atomic E-state index is 6.45. The SMILES string of the molecule is CC(C)(C)c1cc(C(C)(C)N)ccc1CCC(C)(C)C1CCC(CC2CCC(C(C)(C)C)CC2)CC1. The average Bonchev–Trinajstić information content (AvgIpc) is 2.76. The average molecular weight is 496 g/mol. The first kappa shape index (κ1) is 29.7. The van der Waals surface area contributed by atoms with E-state index in [0.717, 1.165) is 23.7 Å². The fourth-order valence-corrected chi connectivity index (χ4v) is 7.47. The smallest absolute Gasteiger partial charge is 0.0352 e. The Morgan fingerprint density at radius 2 is 1.19 bits per heavy atom. The van der Waals surface area contributed by atoms with E-state index in [0.29, 0.717) is 10.8 Å². The highest BCUT2D eigenvalue weighted by molar-refractivity contribution is 5.39. The zero-order chi connectivity index (χ0) is 26.9. The van der Waals surface area contributed by atoms with Crippen molar-refractivity contribution in [3.05, 3.63) is 34.9 Å². The molecule has 1 nitrogen and oxygen atoms in total. The van der Waals surface area contributed by atoms with E-state index in [9.17, 15) is 0 Å². The first-order valence-corrected chi connectivity index (χ1v) is 15.4. The van der Waals surface area contributed by atoms with Gasteiger partial charge in [-0.15, -0.1) is 0 Å². The summed E-state index contributed by atoms with van der Waals surface area (Å²) < 4.78 is 0. The Hall–Kier alpha value is -0.820. The fraction of sp³-hybridized carbons (Fsp3) is 0.829. The lowest BCUT2D eigenvalue weighted by Gasteiger charge is -2.42. The minimum absolute atomic E-state index is 0.144. The van der Waals surface area contributed by atoms with E-state index in [4.69, 9.17) is 5.73 Å². The van der Waals surface area contributed by atoms with E-state index in [1.807, 2.05) is 0 Å². The van der Waals surface area contributed by atoms with Gasteiger partial charge in [0.2, 0.25) is 0 Å². The molecule has 1 aromatic carbocycles. The lowest BCUT2D eigenvalue weighted by atomic mass is 9.64. The molecule has 0 unspecified atom stereocenters. The van der Waals surface area contributed by atoms with Crippen molar-refractivity contribution in [2.24, 2.45) is 40.2 Å². The summed E-state index contributed by atoms with van der Waals surface area (Å²) in [4.78, 5) is 0. The first-order valence-electron chi connectivity index (χ1n) is 15.4. The molecule has 2 N–H and O–H groups in total. The summed E-state index contributed by atoms with van der Waals surface area (Å²) >= 11 is 0. The van der Waals surface area contributed by atoms with Gasteiger partial charge in [0.15, 0.2) is 0 Å². The summed E-state index contributed by atoms with van der Waals surface area (Å²) in [6, 6.07) is 7.05. The number of nitrogens with two attached hydrogens (primary N) is 1. The Morgan fingerprint density at radius 3 is 1.64 bits per heavy atom. The number of hydrogen-bond acceptors (Lipinski definition) is 1. The van der Waals surface area contributed by atoms with E-state index in [2.05, 4.69) is 87.4 Å². The van der Waals surface area contributed by atoms with Gasteiger partial charge in [-0.3, -0.25) is 0 Å². The standard InChI is InChI=1S/C35H61N/c1-32(2,3)28-16-11-25(12-17-28)23-26-13-18-29(19-14-26)34(7,8)22-21-27-15-20-30(35(9,10)36)24-31(27)33(4,5)6/h15,20,24-26,28-29H,11-14,16-19,21-23,36H2,1-10H3. The maximum Gasteiger partial charge on any atom is 0.0352 e. The van der Waals surface area contributed by atoms with Crippen molar-refractivity contribution in [1.82, 2.24) is 0 Å². The van der Waals surface area contributed by atoms with Gasteiger partial charge in [-0.05, 0) is 115 Å². The van der Waals surface area contributed by atoms with Crippen LogP contribution in [0.3, 0.4) is 0 Å². The lowest BCUT2D eigenvalue weighted by molar-refractivity contribution is 0.0993. The van der Waals surface area contributed by atoms with Crippen LogP contribution in [0.15, 0.2) is 18.2 Å². The second-order valence-corrected chi connectivity index (χ2v) is 16.4. The molecule has 0 radical (unpaired) electrons. The van der Waals surface area contributed by atoms with Gasteiger partial charge in [0.05, 0.1) is 0 Å². The van der Waals surface area contributed by atoms with Crippen LogP contribution in [0.5, 0.6) is 0 Å². The maximum atomic E-state index is 6.45. The van der Waals surface area contributed by atoms with Crippen LogP contribution in [0.4, 0.5) is 0 Å². The van der Waals surface area contributed by atoms with Gasteiger partial charge >= 0.3 is 0 Å². The van der Waals surface area contributed by atoms with E-state index in [1.54, 1.807) is 0 Å². The molecule has 2 aliphatic rings. The topological polar surface area (TPSA) is 26.0 Å². The van der Waals surface area contributed by atoms with Crippen molar-refractivity contribution in [2.45, 2.75) is 151 Å². The van der Waals surface area contributed by atoms with Crippen molar-refractivity contribution >= 4 is 0 Å². The van der Waals surface area contributed by atoms with Crippen molar-refractivity contribution in [2.75, 3.05) is 0 Å². The molecule has 1 heteroatoms. The van der Waals surface area contributed by atoms with Crippen LogP contribution in [0.1, 0.15) is 150 Å².